The number of rotatable bonds is 1. The van der Waals surface area contributed by atoms with E-state index in [9.17, 15) is 0 Å². The molecule has 2 nitrogen and oxygen atoms in total. The summed E-state index contributed by atoms with van der Waals surface area (Å²) in [4.78, 5) is 1.02. The third kappa shape index (κ3) is 1.02. The van der Waals surface area contributed by atoms with Gasteiger partial charge < -0.3 is 9.12 Å². The summed E-state index contributed by atoms with van der Waals surface area (Å²) in [6.07, 6.45) is 1.99. The van der Waals surface area contributed by atoms with Gasteiger partial charge in [-0.05, 0) is 6.07 Å². The van der Waals surface area contributed by atoms with Crippen LogP contribution in [0.15, 0.2) is 35.4 Å². The summed E-state index contributed by atoms with van der Waals surface area (Å²) in [6, 6.07) is 8.13. The van der Waals surface area contributed by atoms with Crippen molar-refractivity contribution in [3.63, 3.8) is 0 Å². The Hall–Kier alpha value is -0.930. The van der Waals surface area contributed by atoms with Gasteiger partial charge in [0.05, 0.1) is 0 Å². The van der Waals surface area contributed by atoms with Crippen molar-refractivity contribution in [2.24, 2.45) is 7.05 Å². The Labute approximate surface area is 75.0 Å². The second-order valence-electron chi connectivity index (χ2n) is 2.72. The van der Waals surface area contributed by atoms with Crippen LogP contribution in [0.5, 0.6) is 0 Å². The van der Waals surface area contributed by atoms with Gasteiger partial charge in [-0.2, -0.15) is 0 Å². The summed E-state index contributed by atoms with van der Waals surface area (Å²) in [5, 5.41) is 1.17. The van der Waals surface area contributed by atoms with Gasteiger partial charge in [0.25, 0.3) is 0 Å². The van der Waals surface area contributed by atoms with Crippen LogP contribution >= 0.6 is 12.0 Å². The Morgan fingerprint density at radius 1 is 1.33 bits per heavy atom. The second kappa shape index (κ2) is 2.84. The molecule has 0 bridgehead atoms. The highest BCUT2D eigenvalue weighted by Crippen LogP contribution is 2.26. The van der Waals surface area contributed by atoms with Gasteiger partial charge in [-0.1, -0.05) is 18.2 Å². The van der Waals surface area contributed by atoms with Crippen LogP contribution < -0.4 is 0 Å². The largest absolute Gasteiger partial charge is 0.367 e. The molecule has 1 heterocycles. The average molecular weight is 180 g/mol. The number of aryl methyl sites for hydroxylation is 1. The molecule has 0 saturated heterocycles. The molecule has 0 spiro atoms. The maximum atomic E-state index is 7.24. The Morgan fingerprint density at radius 3 is 2.83 bits per heavy atom. The third-order valence-electron chi connectivity index (χ3n) is 1.97. The zero-order valence-corrected chi connectivity index (χ0v) is 7.56. The predicted molar refractivity (Wildman–Crippen MR) is 52.4 cm³/mol. The summed E-state index contributed by atoms with van der Waals surface area (Å²) < 4.78 is 9.29. The molecule has 2 rings (SSSR count). The van der Waals surface area contributed by atoms with E-state index in [0.29, 0.717) is 0 Å². The molecule has 1 aromatic carbocycles. The summed E-state index contributed by atoms with van der Waals surface area (Å²) >= 11 is 1.05. The first-order valence-electron chi connectivity index (χ1n) is 3.70. The Morgan fingerprint density at radius 2 is 2.08 bits per heavy atom. The maximum absolute atomic E-state index is 7.24. The number of hydrogen-bond donors (Lipinski definition) is 0. The van der Waals surface area contributed by atoms with Crippen LogP contribution in [-0.2, 0) is 7.05 Å². The summed E-state index contributed by atoms with van der Waals surface area (Å²) in [7, 11) is 2.00. The lowest BCUT2D eigenvalue weighted by Crippen LogP contribution is -1.81. The molecule has 0 radical (unpaired) electrons. The van der Waals surface area contributed by atoms with Crippen LogP contribution in [0, 0.1) is 0 Å². The van der Waals surface area contributed by atoms with Crippen molar-refractivity contribution in [3.8, 4) is 0 Å². The summed E-state index contributed by atoms with van der Waals surface area (Å²) in [5.41, 5.74) is 1.19. The van der Waals surface area contributed by atoms with Gasteiger partial charge in [0.1, 0.15) is 4.90 Å². The van der Waals surface area contributed by atoms with Gasteiger partial charge in [0.2, 0.25) is 12.0 Å². The minimum Gasteiger partial charge on any atom is -0.367 e. The highest BCUT2D eigenvalue weighted by Gasteiger charge is 2.07. The molecule has 0 aliphatic carbocycles. The van der Waals surface area contributed by atoms with E-state index in [-0.39, 0.29) is 0 Å². The SMILES string of the molecule is Cn1cc(S[OH2+])c2ccccc21. The zero-order valence-electron chi connectivity index (χ0n) is 6.74. The van der Waals surface area contributed by atoms with Gasteiger partial charge in [-0.25, -0.2) is 0 Å². The van der Waals surface area contributed by atoms with Crippen molar-refractivity contribution in [2.75, 3.05) is 0 Å². The molecule has 3 heteroatoms. The Bertz CT molecular complexity index is 408. The predicted octanol–water partition coefficient (Wildman–Crippen LogP) is 1.91. The molecule has 0 atom stereocenters. The average Bonchev–Trinajstić information content (AvgIpc) is 2.44. The standard InChI is InChI=1S/C9H9NOS/c1-10-6-9(12-11)7-4-2-3-5-8(7)10/h2-6,11H,1H3/p+1. The van der Waals surface area contributed by atoms with Crippen molar-refractivity contribution in [2.45, 2.75) is 4.90 Å². The zero-order chi connectivity index (χ0) is 8.55. The van der Waals surface area contributed by atoms with E-state index < -0.39 is 0 Å². The highest BCUT2D eigenvalue weighted by atomic mass is 32.2. The lowest BCUT2D eigenvalue weighted by Gasteiger charge is -1.92. The molecule has 62 valence electrons. The van der Waals surface area contributed by atoms with Crippen molar-refractivity contribution < 1.29 is 4.55 Å². The van der Waals surface area contributed by atoms with Crippen LogP contribution in [0.25, 0.3) is 10.9 Å². The smallest absolute Gasteiger partial charge is 0.225 e. The molecule has 1 aromatic heterocycles. The van der Waals surface area contributed by atoms with Gasteiger partial charge in [-0.15, -0.1) is 0 Å². The molecule has 0 amide bonds. The maximum Gasteiger partial charge on any atom is 0.225 e. The van der Waals surface area contributed by atoms with E-state index in [1.165, 1.54) is 10.9 Å². The van der Waals surface area contributed by atoms with E-state index >= 15 is 0 Å². The molecule has 2 aromatic rings. The van der Waals surface area contributed by atoms with E-state index in [1.54, 1.807) is 0 Å². The second-order valence-corrected chi connectivity index (χ2v) is 3.37. The van der Waals surface area contributed by atoms with Crippen molar-refractivity contribution in [1.82, 2.24) is 4.57 Å². The molecular formula is C9H10NOS+. The molecule has 0 aliphatic rings. The van der Waals surface area contributed by atoms with Crippen LogP contribution in [0.1, 0.15) is 0 Å². The first kappa shape index (κ1) is 7.71. The fourth-order valence-corrected chi connectivity index (χ4v) is 1.88. The van der Waals surface area contributed by atoms with Gasteiger partial charge in [-0.3, -0.25) is 0 Å². The lowest BCUT2D eigenvalue weighted by atomic mass is 10.2. The van der Waals surface area contributed by atoms with Crippen LogP contribution in [0.4, 0.5) is 0 Å². The molecule has 0 fully saturated rings. The normalized spacial score (nSPS) is 10.8. The Kier molecular flexibility index (Phi) is 1.83. The van der Waals surface area contributed by atoms with E-state index in [0.717, 1.165) is 16.9 Å². The molecule has 2 N–H and O–H groups in total. The fourth-order valence-electron chi connectivity index (χ4n) is 1.39. The van der Waals surface area contributed by atoms with E-state index in [2.05, 4.69) is 6.07 Å². The third-order valence-corrected chi connectivity index (χ3v) is 2.52. The molecular weight excluding hydrogens is 170 g/mol. The number of fused-ring (bicyclic) bond motifs is 1. The highest BCUT2D eigenvalue weighted by molar-refractivity contribution is 7.94. The van der Waals surface area contributed by atoms with E-state index in [1.807, 2.05) is 36.0 Å². The first-order valence-corrected chi connectivity index (χ1v) is 4.52. The minimum atomic E-state index is 1.02. The summed E-state index contributed by atoms with van der Waals surface area (Å²) in [6.45, 7) is 0. The molecule has 12 heavy (non-hydrogen) atoms. The number of para-hydroxylation sites is 1. The molecule has 0 aliphatic heterocycles. The minimum absolute atomic E-state index is 1.02. The number of aromatic nitrogens is 1. The summed E-state index contributed by atoms with van der Waals surface area (Å²) in [5.74, 6) is 0. The van der Waals surface area contributed by atoms with Gasteiger partial charge in [0, 0.05) is 24.1 Å². The van der Waals surface area contributed by atoms with Crippen LogP contribution in [-0.4, -0.2) is 9.12 Å². The number of nitrogens with zero attached hydrogens (tertiary/aromatic N) is 1. The molecule has 0 saturated carbocycles. The number of benzene rings is 1. The van der Waals surface area contributed by atoms with Crippen LogP contribution in [0.3, 0.4) is 0 Å². The fraction of sp³-hybridized carbons (Fsp3) is 0.111. The first-order chi connectivity index (χ1) is 5.83. The van der Waals surface area contributed by atoms with Crippen molar-refractivity contribution in [1.29, 1.82) is 0 Å². The van der Waals surface area contributed by atoms with Crippen molar-refractivity contribution in [3.05, 3.63) is 30.5 Å². The van der Waals surface area contributed by atoms with Gasteiger partial charge in [0.15, 0.2) is 0 Å². The Balaban J connectivity index is 2.82. The lowest BCUT2D eigenvalue weighted by molar-refractivity contribution is 0.664. The van der Waals surface area contributed by atoms with Crippen molar-refractivity contribution >= 4 is 22.9 Å². The topological polar surface area (TPSA) is 27.8 Å². The van der Waals surface area contributed by atoms with E-state index in [4.69, 9.17) is 4.55 Å². The molecule has 0 unspecified atom stereocenters. The van der Waals surface area contributed by atoms with Gasteiger partial charge >= 0.3 is 0 Å². The van der Waals surface area contributed by atoms with Crippen LogP contribution in [0.2, 0.25) is 0 Å². The quantitative estimate of drug-likeness (QED) is 0.486. The number of hydrogen-bond acceptors (Lipinski definition) is 1. The monoisotopic (exact) mass is 180 g/mol.